The van der Waals surface area contributed by atoms with E-state index < -0.39 is 5.97 Å². The van der Waals surface area contributed by atoms with Gasteiger partial charge in [-0.1, -0.05) is 0 Å². The molecule has 1 aromatic rings. The lowest BCUT2D eigenvalue weighted by Crippen LogP contribution is -2.31. The number of anilines is 1. The number of hydrogen-bond donors (Lipinski definition) is 1. The van der Waals surface area contributed by atoms with Crippen LogP contribution in [0.3, 0.4) is 0 Å². The quantitative estimate of drug-likeness (QED) is 0.876. The number of benzene rings is 1. The summed E-state index contributed by atoms with van der Waals surface area (Å²) < 4.78 is 0. The van der Waals surface area contributed by atoms with Gasteiger partial charge in [-0.05, 0) is 36.4 Å². The molecular formula is C12H15NO2S. The molecule has 0 amide bonds. The maximum Gasteiger partial charge on any atom is 0.335 e. The molecule has 0 saturated carbocycles. The summed E-state index contributed by atoms with van der Waals surface area (Å²) in [6, 6.07) is 7.67. The largest absolute Gasteiger partial charge is 0.478 e. The maximum atomic E-state index is 10.7. The van der Waals surface area contributed by atoms with Gasteiger partial charge in [0.25, 0.3) is 0 Å². The highest BCUT2D eigenvalue weighted by Crippen LogP contribution is 2.25. The molecule has 0 bridgehead atoms. The van der Waals surface area contributed by atoms with E-state index in [4.69, 9.17) is 5.11 Å². The van der Waals surface area contributed by atoms with Gasteiger partial charge in [-0.25, -0.2) is 4.79 Å². The molecule has 0 radical (unpaired) electrons. The molecule has 0 unspecified atom stereocenters. The summed E-state index contributed by atoms with van der Waals surface area (Å²) in [7, 11) is 2.08. The second kappa shape index (κ2) is 4.78. The van der Waals surface area contributed by atoms with Crippen LogP contribution in [-0.4, -0.2) is 35.7 Å². The van der Waals surface area contributed by atoms with E-state index in [9.17, 15) is 4.79 Å². The van der Waals surface area contributed by atoms with E-state index in [0.717, 1.165) is 11.4 Å². The van der Waals surface area contributed by atoms with Crippen LogP contribution in [0.25, 0.3) is 0 Å². The molecule has 1 aromatic carbocycles. The van der Waals surface area contributed by atoms with Crippen LogP contribution >= 0.6 is 11.8 Å². The molecule has 1 fully saturated rings. The van der Waals surface area contributed by atoms with Gasteiger partial charge in [-0.15, -0.1) is 0 Å². The molecule has 0 spiro atoms. The summed E-state index contributed by atoms with van der Waals surface area (Å²) in [5.74, 6) is 1.52. The standard InChI is InChI=1S/C12H15NO2S/c1-13(11-6-7-16-8-11)10-4-2-9(3-5-10)12(14)15/h2-5,11H,6-8H2,1H3,(H,14,15)/t11-/m1/s1. The third-order valence-electron chi connectivity index (χ3n) is 2.97. The Labute approximate surface area is 99.5 Å². The van der Waals surface area contributed by atoms with Crippen molar-refractivity contribution >= 4 is 23.4 Å². The number of aromatic carboxylic acids is 1. The van der Waals surface area contributed by atoms with Gasteiger partial charge in [0.05, 0.1) is 5.56 Å². The first kappa shape index (κ1) is 11.3. The Kier molecular flexibility index (Phi) is 3.39. The highest BCUT2D eigenvalue weighted by Gasteiger charge is 2.20. The molecule has 1 N–H and O–H groups in total. The van der Waals surface area contributed by atoms with E-state index in [1.54, 1.807) is 12.1 Å². The van der Waals surface area contributed by atoms with Gasteiger partial charge < -0.3 is 10.0 Å². The van der Waals surface area contributed by atoms with Gasteiger partial charge in [0.1, 0.15) is 0 Å². The minimum atomic E-state index is -0.870. The molecule has 1 heterocycles. The number of rotatable bonds is 3. The van der Waals surface area contributed by atoms with Crippen molar-refractivity contribution in [1.29, 1.82) is 0 Å². The SMILES string of the molecule is CN(c1ccc(C(=O)O)cc1)[C@@H]1CCSC1. The highest BCUT2D eigenvalue weighted by molar-refractivity contribution is 7.99. The van der Waals surface area contributed by atoms with Gasteiger partial charge in [-0.2, -0.15) is 11.8 Å². The monoisotopic (exact) mass is 237 g/mol. The van der Waals surface area contributed by atoms with Crippen LogP contribution in [0.15, 0.2) is 24.3 Å². The van der Waals surface area contributed by atoms with Crippen LogP contribution in [0, 0.1) is 0 Å². The van der Waals surface area contributed by atoms with Gasteiger partial charge in [0, 0.05) is 24.5 Å². The second-order valence-corrected chi connectivity index (χ2v) is 5.13. The molecule has 4 heteroatoms. The lowest BCUT2D eigenvalue weighted by atomic mass is 10.1. The molecule has 1 aliphatic heterocycles. The van der Waals surface area contributed by atoms with E-state index >= 15 is 0 Å². The lowest BCUT2D eigenvalue weighted by Gasteiger charge is -2.26. The summed E-state index contributed by atoms with van der Waals surface area (Å²) in [6.45, 7) is 0. The van der Waals surface area contributed by atoms with Gasteiger partial charge in [0.15, 0.2) is 0 Å². The number of carbonyl (C=O) groups is 1. The summed E-state index contributed by atoms with van der Waals surface area (Å²) in [5, 5.41) is 8.81. The molecule has 2 rings (SSSR count). The zero-order valence-electron chi connectivity index (χ0n) is 9.22. The van der Waals surface area contributed by atoms with Crippen molar-refractivity contribution in [3.63, 3.8) is 0 Å². The summed E-state index contributed by atoms with van der Waals surface area (Å²) in [5.41, 5.74) is 1.44. The van der Waals surface area contributed by atoms with Crippen LogP contribution in [0.1, 0.15) is 16.8 Å². The Hall–Kier alpha value is -1.16. The normalized spacial score (nSPS) is 19.7. The third-order valence-corrected chi connectivity index (χ3v) is 4.12. The van der Waals surface area contributed by atoms with Crippen LogP contribution in [0.5, 0.6) is 0 Å². The minimum Gasteiger partial charge on any atom is -0.478 e. The Morgan fingerprint density at radius 2 is 2.12 bits per heavy atom. The van der Waals surface area contributed by atoms with E-state index in [-0.39, 0.29) is 0 Å². The molecule has 0 aliphatic carbocycles. The average molecular weight is 237 g/mol. The fourth-order valence-electron chi connectivity index (χ4n) is 1.88. The second-order valence-electron chi connectivity index (χ2n) is 3.98. The zero-order valence-corrected chi connectivity index (χ0v) is 10.0. The van der Waals surface area contributed by atoms with E-state index in [0.29, 0.717) is 11.6 Å². The van der Waals surface area contributed by atoms with E-state index in [1.807, 2.05) is 23.9 Å². The number of thioether (sulfide) groups is 1. The maximum absolute atomic E-state index is 10.7. The Morgan fingerprint density at radius 3 is 2.62 bits per heavy atom. The molecule has 0 aromatic heterocycles. The lowest BCUT2D eigenvalue weighted by molar-refractivity contribution is 0.0697. The van der Waals surface area contributed by atoms with Gasteiger partial charge in [-0.3, -0.25) is 0 Å². The number of carboxylic acid groups (broad SMARTS) is 1. The first-order valence-electron chi connectivity index (χ1n) is 5.32. The van der Waals surface area contributed by atoms with Crippen molar-refractivity contribution in [2.24, 2.45) is 0 Å². The molecular weight excluding hydrogens is 222 g/mol. The van der Waals surface area contributed by atoms with Crippen molar-refractivity contribution in [3.8, 4) is 0 Å². The van der Waals surface area contributed by atoms with Crippen molar-refractivity contribution in [3.05, 3.63) is 29.8 Å². The fourth-order valence-corrected chi connectivity index (χ4v) is 3.15. The summed E-state index contributed by atoms with van der Waals surface area (Å²) >= 11 is 1.98. The number of nitrogens with zero attached hydrogens (tertiary/aromatic N) is 1. The Balaban J connectivity index is 2.11. The van der Waals surface area contributed by atoms with E-state index in [2.05, 4.69) is 11.9 Å². The first-order valence-corrected chi connectivity index (χ1v) is 6.48. The molecule has 1 aliphatic rings. The highest BCUT2D eigenvalue weighted by atomic mass is 32.2. The van der Waals surface area contributed by atoms with Crippen molar-refractivity contribution in [2.75, 3.05) is 23.5 Å². The van der Waals surface area contributed by atoms with Crippen LogP contribution in [0.2, 0.25) is 0 Å². The van der Waals surface area contributed by atoms with Crippen molar-refractivity contribution in [1.82, 2.24) is 0 Å². The number of carboxylic acids is 1. The van der Waals surface area contributed by atoms with Crippen LogP contribution in [-0.2, 0) is 0 Å². The van der Waals surface area contributed by atoms with E-state index in [1.165, 1.54) is 12.2 Å². The first-order chi connectivity index (χ1) is 7.68. The summed E-state index contributed by atoms with van der Waals surface area (Å²) in [4.78, 5) is 13.0. The zero-order chi connectivity index (χ0) is 11.5. The van der Waals surface area contributed by atoms with Gasteiger partial charge >= 0.3 is 5.97 Å². The molecule has 86 valence electrons. The third kappa shape index (κ3) is 2.32. The van der Waals surface area contributed by atoms with Crippen LogP contribution < -0.4 is 4.90 Å². The van der Waals surface area contributed by atoms with Crippen molar-refractivity contribution < 1.29 is 9.90 Å². The topological polar surface area (TPSA) is 40.5 Å². The minimum absolute atomic E-state index is 0.345. The van der Waals surface area contributed by atoms with Gasteiger partial charge in [0.2, 0.25) is 0 Å². The van der Waals surface area contributed by atoms with Crippen molar-refractivity contribution in [2.45, 2.75) is 12.5 Å². The predicted octanol–water partition coefficient (Wildman–Crippen LogP) is 2.33. The smallest absolute Gasteiger partial charge is 0.335 e. The molecule has 1 atom stereocenters. The average Bonchev–Trinajstić information content (AvgIpc) is 2.81. The number of hydrogen-bond acceptors (Lipinski definition) is 3. The fraction of sp³-hybridized carbons (Fsp3) is 0.417. The molecule has 1 saturated heterocycles. The molecule has 3 nitrogen and oxygen atoms in total. The van der Waals surface area contributed by atoms with Crippen LogP contribution in [0.4, 0.5) is 5.69 Å². The Bertz CT molecular complexity index is 371. The predicted molar refractivity (Wildman–Crippen MR) is 67.5 cm³/mol. The summed E-state index contributed by atoms with van der Waals surface area (Å²) in [6.07, 6.45) is 1.21. The Morgan fingerprint density at radius 1 is 1.44 bits per heavy atom. The molecule has 16 heavy (non-hydrogen) atoms.